The Morgan fingerprint density at radius 3 is 2.68 bits per heavy atom. The van der Waals surface area contributed by atoms with Crippen LogP contribution in [-0.2, 0) is 22.4 Å². The number of amides is 1. The summed E-state index contributed by atoms with van der Waals surface area (Å²) in [5, 5.41) is 3.68. The van der Waals surface area contributed by atoms with Gasteiger partial charge in [-0.25, -0.2) is 4.79 Å². The molecule has 1 aromatic carbocycles. The van der Waals surface area contributed by atoms with Gasteiger partial charge in [0.25, 0.3) is 0 Å². The van der Waals surface area contributed by atoms with E-state index in [4.69, 9.17) is 4.74 Å². The number of benzene rings is 1. The van der Waals surface area contributed by atoms with Crippen LogP contribution in [0.15, 0.2) is 30.3 Å². The molecule has 0 bridgehead atoms. The van der Waals surface area contributed by atoms with E-state index in [9.17, 15) is 9.59 Å². The third-order valence-electron chi connectivity index (χ3n) is 5.42. The Labute approximate surface area is 171 Å². The first kappa shape index (κ1) is 20.6. The van der Waals surface area contributed by atoms with Crippen LogP contribution in [0.3, 0.4) is 0 Å². The molecule has 5 heteroatoms. The molecule has 1 aromatic heterocycles. The zero-order chi connectivity index (χ0) is 20.1. The van der Waals surface area contributed by atoms with Gasteiger partial charge in [0.2, 0.25) is 5.91 Å². The molecule has 1 N–H and O–H groups in total. The highest BCUT2D eigenvalue weighted by Crippen LogP contribution is 2.43. The van der Waals surface area contributed by atoms with Gasteiger partial charge in [-0.2, -0.15) is 0 Å². The van der Waals surface area contributed by atoms with E-state index in [0.717, 1.165) is 37.7 Å². The van der Waals surface area contributed by atoms with E-state index < -0.39 is 0 Å². The van der Waals surface area contributed by atoms with E-state index in [1.54, 1.807) is 11.3 Å². The topological polar surface area (TPSA) is 55.4 Å². The van der Waals surface area contributed by atoms with E-state index in [2.05, 4.69) is 36.5 Å². The van der Waals surface area contributed by atoms with E-state index >= 15 is 0 Å². The van der Waals surface area contributed by atoms with Crippen molar-refractivity contribution in [3.63, 3.8) is 0 Å². The molecule has 2 atom stereocenters. The summed E-state index contributed by atoms with van der Waals surface area (Å²) in [5.74, 6) is 0.0309. The summed E-state index contributed by atoms with van der Waals surface area (Å²) in [4.78, 5) is 26.4. The molecule has 0 saturated carbocycles. The van der Waals surface area contributed by atoms with Gasteiger partial charge < -0.3 is 10.1 Å². The highest BCUT2D eigenvalue weighted by atomic mass is 32.1. The maximum absolute atomic E-state index is 12.7. The fourth-order valence-corrected chi connectivity index (χ4v) is 5.22. The van der Waals surface area contributed by atoms with E-state index in [1.165, 1.54) is 10.4 Å². The van der Waals surface area contributed by atoms with Crippen molar-refractivity contribution in [2.45, 2.75) is 58.8 Å². The number of fused-ring (bicyclic) bond motifs is 1. The number of hydrogen-bond acceptors (Lipinski definition) is 4. The van der Waals surface area contributed by atoms with Crippen LogP contribution in [0.4, 0.5) is 5.00 Å². The van der Waals surface area contributed by atoms with Crippen LogP contribution in [0, 0.1) is 5.92 Å². The highest BCUT2D eigenvalue weighted by Gasteiger charge is 2.31. The minimum Gasteiger partial charge on any atom is -0.462 e. The Kier molecular flexibility index (Phi) is 6.89. The number of hydrogen-bond donors (Lipinski definition) is 1. The minimum atomic E-state index is -0.323. The second-order valence-corrected chi connectivity index (χ2v) is 8.56. The lowest BCUT2D eigenvalue weighted by Gasteiger charge is -2.23. The van der Waals surface area contributed by atoms with Gasteiger partial charge in [-0.3, -0.25) is 4.79 Å². The lowest BCUT2D eigenvalue weighted by Crippen LogP contribution is -2.21. The number of rotatable bonds is 7. The molecular formula is C23H29NO3S. The smallest absolute Gasteiger partial charge is 0.341 e. The molecule has 0 saturated heterocycles. The molecule has 28 heavy (non-hydrogen) atoms. The van der Waals surface area contributed by atoms with Crippen LogP contribution < -0.4 is 5.32 Å². The molecule has 0 unspecified atom stereocenters. The zero-order valence-electron chi connectivity index (χ0n) is 16.9. The molecule has 1 amide bonds. The fraction of sp³-hybridized carbons (Fsp3) is 0.478. The first-order chi connectivity index (χ1) is 13.5. The zero-order valence-corrected chi connectivity index (χ0v) is 17.7. The monoisotopic (exact) mass is 399 g/mol. The van der Waals surface area contributed by atoms with Crippen LogP contribution in [0.5, 0.6) is 0 Å². The summed E-state index contributed by atoms with van der Waals surface area (Å²) in [7, 11) is 0. The Bertz CT molecular complexity index is 828. The lowest BCUT2D eigenvalue weighted by atomic mass is 9.83. The first-order valence-electron chi connectivity index (χ1n) is 10.2. The normalized spacial score (nSPS) is 16.9. The maximum Gasteiger partial charge on any atom is 0.341 e. The molecule has 0 radical (unpaired) electrons. The Balaban J connectivity index is 1.89. The van der Waals surface area contributed by atoms with Crippen molar-refractivity contribution in [2.75, 3.05) is 11.9 Å². The quantitative estimate of drug-likeness (QED) is 0.619. The van der Waals surface area contributed by atoms with Crippen molar-refractivity contribution in [3.05, 3.63) is 51.9 Å². The molecule has 0 aliphatic heterocycles. The SMILES string of the molecule is CCC[C@@H](C)C(=O)Nc1sc2c(c1C(=O)OCC)CC[C@H](c1ccccc1)C2. The second kappa shape index (κ2) is 9.37. The summed E-state index contributed by atoms with van der Waals surface area (Å²) in [6, 6.07) is 10.5. The van der Waals surface area contributed by atoms with Crippen molar-refractivity contribution in [1.82, 2.24) is 0 Å². The molecule has 1 aliphatic rings. The van der Waals surface area contributed by atoms with Crippen LogP contribution >= 0.6 is 11.3 Å². The average Bonchev–Trinajstić information content (AvgIpc) is 3.06. The van der Waals surface area contributed by atoms with E-state index in [-0.39, 0.29) is 17.8 Å². The standard InChI is InChI=1S/C23H29NO3S/c1-4-9-15(3)21(25)24-22-20(23(26)27-5-2)18-13-12-17(14-19(18)28-22)16-10-7-6-8-11-16/h6-8,10-11,15,17H,4-5,9,12-14H2,1-3H3,(H,24,25)/t15-,17+/m1/s1. The van der Waals surface area contributed by atoms with Crippen molar-refractivity contribution in [3.8, 4) is 0 Å². The van der Waals surface area contributed by atoms with Crippen molar-refractivity contribution in [1.29, 1.82) is 0 Å². The first-order valence-corrected chi connectivity index (χ1v) is 11.0. The Morgan fingerprint density at radius 1 is 1.25 bits per heavy atom. The van der Waals surface area contributed by atoms with Crippen LogP contribution in [0.1, 0.15) is 72.3 Å². The van der Waals surface area contributed by atoms with Gasteiger partial charge >= 0.3 is 5.97 Å². The number of esters is 1. The van der Waals surface area contributed by atoms with Crippen molar-refractivity contribution >= 4 is 28.2 Å². The van der Waals surface area contributed by atoms with Gasteiger partial charge in [0, 0.05) is 10.8 Å². The molecule has 2 aromatic rings. The van der Waals surface area contributed by atoms with Crippen molar-refractivity contribution < 1.29 is 14.3 Å². The Morgan fingerprint density at radius 2 is 2.00 bits per heavy atom. The van der Waals surface area contributed by atoms with Gasteiger partial charge in [0.1, 0.15) is 5.00 Å². The molecular weight excluding hydrogens is 370 g/mol. The number of carbonyl (C=O) groups excluding carboxylic acids is 2. The molecule has 3 rings (SSSR count). The summed E-state index contributed by atoms with van der Waals surface area (Å²) >= 11 is 1.55. The second-order valence-electron chi connectivity index (χ2n) is 7.46. The summed E-state index contributed by atoms with van der Waals surface area (Å²) in [6.07, 6.45) is 4.53. The third-order valence-corrected chi connectivity index (χ3v) is 6.59. The van der Waals surface area contributed by atoms with Crippen LogP contribution in [0.2, 0.25) is 0 Å². The highest BCUT2D eigenvalue weighted by molar-refractivity contribution is 7.17. The van der Waals surface area contributed by atoms with E-state index in [1.807, 2.05) is 19.9 Å². The molecule has 150 valence electrons. The summed E-state index contributed by atoms with van der Waals surface area (Å²) in [6.45, 7) is 6.14. The molecule has 4 nitrogen and oxygen atoms in total. The van der Waals surface area contributed by atoms with Crippen molar-refractivity contribution in [2.24, 2.45) is 5.92 Å². The van der Waals surface area contributed by atoms with Gasteiger partial charge in [0.05, 0.1) is 12.2 Å². The van der Waals surface area contributed by atoms with E-state index in [0.29, 0.717) is 23.1 Å². The molecule has 0 spiro atoms. The molecule has 1 heterocycles. The molecule has 1 aliphatic carbocycles. The summed E-state index contributed by atoms with van der Waals surface area (Å²) < 4.78 is 5.31. The molecule has 0 fully saturated rings. The number of anilines is 1. The number of thiophene rings is 1. The maximum atomic E-state index is 12.7. The summed E-state index contributed by atoms with van der Waals surface area (Å²) in [5.41, 5.74) is 2.97. The van der Waals surface area contributed by atoms with Gasteiger partial charge in [-0.1, -0.05) is 50.6 Å². The van der Waals surface area contributed by atoms with Gasteiger partial charge in [-0.15, -0.1) is 11.3 Å². The predicted molar refractivity (Wildman–Crippen MR) is 114 cm³/mol. The predicted octanol–water partition coefficient (Wildman–Crippen LogP) is 5.57. The van der Waals surface area contributed by atoms with Crippen LogP contribution in [0.25, 0.3) is 0 Å². The number of ether oxygens (including phenoxy) is 1. The lowest BCUT2D eigenvalue weighted by molar-refractivity contribution is -0.119. The third kappa shape index (κ3) is 4.46. The fourth-order valence-electron chi connectivity index (χ4n) is 3.90. The Hall–Kier alpha value is -2.14. The number of carbonyl (C=O) groups is 2. The largest absolute Gasteiger partial charge is 0.462 e. The van der Waals surface area contributed by atoms with Crippen LogP contribution in [-0.4, -0.2) is 18.5 Å². The van der Waals surface area contributed by atoms with Gasteiger partial charge in [0.15, 0.2) is 0 Å². The minimum absolute atomic E-state index is 0.0226. The van der Waals surface area contributed by atoms with Gasteiger partial charge in [-0.05, 0) is 49.7 Å². The number of nitrogens with one attached hydrogen (secondary N) is 1. The average molecular weight is 400 g/mol.